The van der Waals surface area contributed by atoms with Crippen LogP contribution in [0.1, 0.15) is 64.3 Å². The van der Waals surface area contributed by atoms with E-state index in [0.29, 0.717) is 18.7 Å². The van der Waals surface area contributed by atoms with Crippen LogP contribution in [-0.2, 0) is 53.1 Å². The molecule has 3 amide bonds. The summed E-state index contributed by atoms with van der Waals surface area (Å²) < 4.78 is 17.1. The number of nitrogens with one attached hydrogen (secondary N) is 2. The Kier molecular flexibility index (Phi) is 12.8. The summed E-state index contributed by atoms with van der Waals surface area (Å²) in [6.07, 6.45) is 0.259. The lowest BCUT2D eigenvalue weighted by molar-refractivity contribution is -0.159. The van der Waals surface area contributed by atoms with E-state index in [9.17, 15) is 29.1 Å². The van der Waals surface area contributed by atoms with Crippen LogP contribution in [0.3, 0.4) is 0 Å². The van der Waals surface area contributed by atoms with Gasteiger partial charge in [-0.15, -0.1) is 5.10 Å². The number of carboxylic acids is 1. The number of aromatic nitrogens is 4. The summed E-state index contributed by atoms with van der Waals surface area (Å²) in [5.41, 5.74) is -0.0882. The predicted octanol–water partition coefficient (Wildman–Crippen LogP) is 1.19. The van der Waals surface area contributed by atoms with Gasteiger partial charge in [-0.05, 0) is 62.4 Å². The highest BCUT2D eigenvalue weighted by molar-refractivity contribution is 5.94. The summed E-state index contributed by atoms with van der Waals surface area (Å²) in [4.78, 5) is 65.7. The Morgan fingerprint density at radius 3 is 2.47 bits per heavy atom. The molecule has 1 aromatic heterocycles. The van der Waals surface area contributed by atoms with Gasteiger partial charge in [0.1, 0.15) is 37.1 Å². The summed E-state index contributed by atoms with van der Waals surface area (Å²) in [5, 5.41) is 26.2. The standard InChI is InChI=1S/C29H41N7O9/c1-29(2,3)45-24(37)16-21(27(40)41)30-25(38)22-12-8-9-15-35(22)26(39)20(13-14-23-32-33-34-36(23)18-43-4)31-28(42)44-17-19-10-6-5-7-11-19/h5-7,10-11,20-22H,8-9,12-18H2,1-4H3,(H,30,38)(H,31,42)(H,40,41)/t20-,21-,22-/m0/s1. The van der Waals surface area contributed by atoms with Gasteiger partial charge in [0.05, 0.1) is 6.42 Å². The molecule has 3 rings (SSSR count). The number of likely N-dealkylation sites (tertiary alicyclic amines) is 1. The van der Waals surface area contributed by atoms with E-state index in [-0.39, 0.29) is 39.1 Å². The quantitative estimate of drug-likeness (QED) is 0.252. The number of esters is 1. The fourth-order valence-electron chi connectivity index (χ4n) is 4.75. The number of tetrazole rings is 1. The Morgan fingerprint density at radius 2 is 1.80 bits per heavy atom. The first kappa shape index (κ1) is 34.9. The first-order valence-electron chi connectivity index (χ1n) is 14.6. The van der Waals surface area contributed by atoms with Crippen LogP contribution in [0.5, 0.6) is 0 Å². The van der Waals surface area contributed by atoms with E-state index >= 15 is 0 Å². The zero-order valence-corrected chi connectivity index (χ0v) is 25.9. The molecular weight excluding hydrogens is 590 g/mol. The molecule has 0 unspecified atom stereocenters. The van der Waals surface area contributed by atoms with Crippen molar-refractivity contribution in [3.63, 3.8) is 0 Å². The van der Waals surface area contributed by atoms with Gasteiger partial charge in [-0.2, -0.15) is 0 Å². The lowest BCUT2D eigenvalue weighted by Gasteiger charge is -2.37. The number of rotatable bonds is 14. The number of ether oxygens (including phenoxy) is 3. The second kappa shape index (κ2) is 16.5. The summed E-state index contributed by atoms with van der Waals surface area (Å²) in [7, 11) is 1.48. The van der Waals surface area contributed by atoms with E-state index in [4.69, 9.17) is 14.2 Å². The highest BCUT2D eigenvalue weighted by atomic mass is 16.6. The molecule has 1 aliphatic heterocycles. The number of carbonyl (C=O) groups is 5. The largest absolute Gasteiger partial charge is 0.480 e. The van der Waals surface area contributed by atoms with E-state index in [1.165, 1.54) is 16.7 Å². The van der Waals surface area contributed by atoms with Gasteiger partial charge in [0, 0.05) is 20.1 Å². The van der Waals surface area contributed by atoms with Gasteiger partial charge in [0.2, 0.25) is 11.8 Å². The molecule has 16 heteroatoms. The molecule has 1 aliphatic rings. The van der Waals surface area contributed by atoms with Crippen LogP contribution in [0.25, 0.3) is 0 Å². The summed E-state index contributed by atoms with van der Waals surface area (Å²) in [6.45, 7) is 5.18. The third-order valence-corrected chi connectivity index (χ3v) is 6.81. The van der Waals surface area contributed by atoms with Crippen molar-refractivity contribution < 1.29 is 43.3 Å². The number of methoxy groups -OCH3 is 1. The summed E-state index contributed by atoms with van der Waals surface area (Å²) in [5.74, 6) is -3.09. The van der Waals surface area contributed by atoms with E-state index in [0.717, 1.165) is 5.56 Å². The van der Waals surface area contributed by atoms with Crippen LogP contribution in [0.2, 0.25) is 0 Å². The Hall–Kier alpha value is -4.60. The molecule has 0 saturated carbocycles. The van der Waals surface area contributed by atoms with Crippen LogP contribution < -0.4 is 10.6 Å². The molecule has 3 atom stereocenters. The third kappa shape index (κ3) is 11.1. The minimum atomic E-state index is -1.56. The lowest BCUT2D eigenvalue weighted by atomic mass is 9.98. The highest BCUT2D eigenvalue weighted by Gasteiger charge is 2.38. The fourth-order valence-corrected chi connectivity index (χ4v) is 4.75. The maximum absolute atomic E-state index is 13.9. The molecule has 1 saturated heterocycles. The number of aliphatic carboxylic acids is 1. The number of aryl methyl sites for hydroxylation is 1. The summed E-state index contributed by atoms with van der Waals surface area (Å²) in [6, 6.07) is 5.28. The molecule has 2 aromatic rings. The minimum Gasteiger partial charge on any atom is -0.480 e. The Morgan fingerprint density at radius 1 is 1.07 bits per heavy atom. The molecular formula is C29H41N7O9. The average molecular weight is 632 g/mol. The molecule has 0 bridgehead atoms. The molecule has 246 valence electrons. The molecule has 45 heavy (non-hydrogen) atoms. The first-order valence-corrected chi connectivity index (χ1v) is 14.6. The highest BCUT2D eigenvalue weighted by Crippen LogP contribution is 2.20. The van der Waals surface area contributed by atoms with Crippen molar-refractivity contribution in [1.29, 1.82) is 0 Å². The Balaban J connectivity index is 1.75. The number of hydrogen-bond donors (Lipinski definition) is 3. The van der Waals surface area contributed by atoms with Crippen LogP contribution in [0, 0.1) is 0 Å². The van der Waals surface area contributed by atoms with Crippen molar-refractivity contribution in [3.05, 3.63) is 41.7 Å². The van der Waals surface area contributed by atoms with Gasteiger partial charge in [0.25, 0.3) is 0 Å². The number of amides is 3. The van der Waals surface area contributed by atoms with Gasteiger partial charge in [-0.3, -0.25) is 14.4 Å². The number of carboxylic acid groups (broad SMARTS) is 1. The van der Waals surface area contributed by atoms with Crippen LogP contribution >= 0.6 is 0 Å². The van der Waals surface area contributed by atoms with E-state index in [1.54, 1.807) is 45.0 Å². The fraction of sp³-hybridized carbons (Fsp3) is 0.586. The van der Waals surface area contributed by atoms with Crippen LogP contribution in [0.4, 0.5) is 4.79 Å². The second-order valence-corrected chi connectivity index (χ2v) is 11.5. The number of alkyl carbamates (subject to hydrolysis) is 1. The number of nitrogens with zero attached hydrogens (tertiary/aromatic N) is 5. The van der Waals surface area contributed by atoms with E-state index in [2.05, 4.69) is 26.2 Å². The van der Waals surface area contributed by atoms with Gasteiger partial charge in [-0.25, -0.2) is 14.3 Å². The van der Waals surface area contributed by atoms with Crippen molar-refractivity contribution >= 4 is 29.8 Å². The van der Waals surface area contributed by atoms with Crippen molar-refractivity contribution in [2.24, 2.45) is 0 Å². The number of benzene rings is 1. The van der Waals surface area contributed by atoms with Crippen molar-refractivity contribution in [3.8, 4) is 0 Å². The number of piperidine rings is 1. The van der Waals surface area contributed by atoms with Crippen LogP contribution in [0.15, 0.2) is 30.3 Å². The zero-order chi connectivity index (χ0) is 33.0. The number of carbonyl (C=O) groups excluding carboxylic acids is 4. The maximum atomic E-state index is 13.9. The maximum Gasteiger partial charge on any atom is 0.408 e. The molecule has 0 spiro atoms. The summed E-state index contributed by atoms with van der Waals surface area (Å²) >= 11 is 0. The second-order valence-electron chi connectivity index (χ2n) is 11.5. The van der Waals surface area contributed by atoms with Crippen LogP contribution in [-0.4, -0.2) is 97.4 Å². The van der Waals surface area contributed by atoms with Gasteiger partial charge >= 0.3 is 18.0 Å². The topological polar surface area (TPSA) is 204 Å². The number of hydrogen-bond acceptors (Lipinski definition) is 11. The zero-order valence-electron chi connectivity index (χ0n) is 25.9. The first-order chi connectivity index (χ1) is 21.4. The molecule has 1 fully saturated rings. The van der Waals surface area contributed by atoms with E-state index in [1.807, 2.05) is 6.07 Å². The monoisotopic (exact) mass is 631 g/mol. The molecule has 1 aromatic carbocycles. The van der Waals surface area contributed by atoms with E-state index < -0.39 is 60.0 Å². The predicted molar refractivity (Wildman–Crippen MR) is 156 cm³/mol. The lowest BCUT2D eigenvalue weighted by Crippen LogP contribution is -2.59. The van der Waals surface area contributed by atoms with Crippen molar-refractivity contribution in [1.82, 2.24) is 35.7 Å². The molecule has 3 N–H and O–H groups in total. The minimum absolute atomic E-state index is 0.0252. The smallest absolute Gasteiger partial charge is 0.408 e. The third-order valence-electron chi connectivity index (χ3n) is 6.81. The van der Waals surface area contributed by atoms with Gasteiger partial charge in [0.15, 0.2) is 5.82 Å². The Labute approximate surface area is 260 Å². The average Bonchev–Trinajstić information content (AvgIpc) is 3.44. The normalized spacial score (nSPS) is 16.3. The SMILES string of the molecule is COCn1nnnc1CC[C@H](NC(=O)OCc1ccccc1)C(=O)N1CCCC[C@H]1C(=O)N[C@@H](CC(=O)OC(C)(C)C)C(=O)O. The molecule has 0 aliphatic carbocycles. The Bertz CT molecular complexity index is 1310. The van der Waals surface area contributed by atoms with Gasteiger partial charge < -0.3 is 34.9 Å². The molecule has 0 radical (unpaired) electrons. The van der Waals surface area contributed by atoms with Crippen molar-refractivity contribution in [2.45, 2.75) is 96.4 Å². The van der Waals surface area contributed by atoms with Gasteiger partial charge in [-0.1, -0.05) is 30.3 Å². The molecule has 16 nitrogen and oxygen atoms in total. The van der Waals surface area contributed by atoms with Crippen molar-refractivity contribution in [2.75, 3.05) is 13.7 Å². The molecule has 2 heterocycles.